The lowest BCUT2D eigenvalue weighted by atomic mass is 9.82. The Morgan fingerprint density at radius 1 is 1.19 bits per heavy atom. The van der Waals surface area contributed by atoms with Crippen LogP contribution in [0.2, 0.25) is 0 Å². The molecule has 1 amide bonds. The van der Waals surface area contributed by atoms with Gasteiger partial charge in [-0.25, -0.2) is 0 Å². The molecule has 0 unspecified atom stereocenters. The summed E-state index contributed by atoms with van der Waals surface area (Å²) in [5.41, 5.74) is 0. The van der Waals surface area contributed by atoms with Crippen molar-refractivity contribution in [1.82, 2.24) is 4.90 Å². The van der Waals surface area contributed by atoms with E-state index in [-0.39, 0.29) is 6.10 Å². The van der Waals surface area contributed by atoms with Crippen molar-refractivity contribution in [3.8, 4) is 0 Å². The Morgan fingerprint density at radius 3 is 2.44 bits per heavy atom. The van der Waals surface area contributed by atoms with Crippen LogP contribution in [-0.2, 0) is 9.53 Å². The number of methoxy groups -OCH3 is 1. The molecule has 2 fully saturated rings. The number of amides is 1. The van der Waals surface area contributed by atoms with Crippen molar-refractivity contribution < 1.29 is 9.53 Å². The molecule has 0 aromatic carbocycles. The molecule has 16 heavy (non-hydrogen) atoms. The van der Waals surface area contributed by atoms with E-state index in [0.29, 0.717) is 11.8 Å². The van der Waals surface area contributed by atoms with Crippen LogP contribution < -0.4 is 0 Å². The lowest BCUT2D eigenvalue weighted by Gasteiger charge is -2.28. The Kier molecular flexibility index (Phi) is 3.85. The topological polar surface area (TPSA) is 29.5 Å². The molecule has 0 aromatic heterocycles. The summed E-state index contributed by atoms with van der Waals surface area (Å²) in [4.78, 5) is 14.2. The molecule has 1 aliphatic carbocycles. The van der Waals surface area contributed by atoms with Gasteiger partial charge >= 0.3 is 0 Å². The van der Waals surface area contributed by atoms with Crippen LogP contribution in [0, 0.1) is 11.8 Å². The number of carbonyl (C=O) groups is 1. The third-order valence-electron chi connectivity index (χ3n) is 4.16. The van der Waals surface area contributed by atoms with E-state index >= 15 is 0 Å². The summed E-state index contributed by atoms with van der Waals surface area (Å²) in [5, 5.41) is 0. The second-order valence-corrected chi connectivity index (χ2v) is 5.39. The van der Waals surface area contributed by atoms with Crippen molar-refractivity contribution in [3.63, 3.8) is 0 Å². The zero-order chi connectivity index (χ0) is 11.5. The Bertz CT molecular complexity index is 242. The third kappa shape index (κ3) is 2.57. The molecule has 0 radical (unpaired) electrons. The first kappa shape index (κ1) is 11.9. The second kappa shape index (κ2) is 5.17. The monoisotopic (exact) mass is 225 g/mol. The van der Waals surface area contributed by atoms with Gasteiger partial charge in [0, 0.05) is 26.1 Å². The quantitative estimate of drug-likeness (QED) is 0.720. The Hall–Kier alpha value is -0.570. The van der Waals surface area contributed by atoms with E-state index in [1.807, 2.05) is 4.90 Å². The van der Waals surface area contributed by atoms with Gasteiger partial charge in [0.15, 0.2) is 0 Å². The normalized spacial score (nSPS) is 35.4. The summed E-state index contributed by atoms with van der Waals surface area (Å²) in [6, 6.07) is 0. The second-order valence-electron chi connectivity index (χ2n) is 5.39. The molecule has 3 nitrogen and oxygen atoms in total. The Labute approximate surface area is 98.1 Å². The number of carbonyl (C=O) groups excluding carboxylic acids is 1. The predicted octanol–water partition coefficient (Wildman–Crippen LogP) is 2.06. The van der Waals surface area contributed by atoms with Gasteiger partial charge in [-0.2, -0.15) is 0 Å². The minimum absolute atomic E-state index is 0.270. The molecule has 3 heteroatoms. The molecule has 0 spiro atoms. The molecule has 1 saturated carbocycles. The van der Waals surface area contributed by atoms with E-state index in [1.54, 1.807) is 7.11 Å². The van der Waals surface area contributed by atoms with Gasteiger partial charge in [-0.1, -0.05) is 6.92 Å². The molecule has 1 saturated heterocycles. The number of hydrogen-bond acceptors (Lipinski definition) is 2. The van der Waals surface area contributed by atoms with Crippen LogP contribution in [0.5, 0.6) is 0 Å². The first-order valence-corrected chi connectivity index (χ1v) is 6.52. The number of ether oxygens (including phenoxy) is 1. The van der Waals surface area contributed by atoms with Crippen LogP contribution in [0.4, 0.5) is 0 Å². The minimum atomic E-state index is 0.270. The first-order chi connectivity index (χ1) is 7.70. The van der Waals surface area contributed by atoms with Crippen LogP contribution in [0.15, 0.2) is 0 Å². The van der Waals surface area contributed by atoms with Gasteiger partial charge in [0.05, 0.1) is 6.10 Å². The lowest BCUT2D eigenvalue weighted by molar-refractivity contribution is -0.136. The molecule has 2 aliphatic rings. The highest BCUT2D eigenvalue weighted by molar-refractivity contribution is 5.79. The number of likely N-dealkylation sites (tertiary alicyclic amines) is 1. The largest absolute Gasteiger partial charge is 0.380 e. The SMILES string of the molecule is CO[C@@H]1CCN(C(=O)C2CCC(C)CC2)C1. The molecule has 92 valence electrons. The maximum Gasteiger partial charge on any atom is 0.225 e. The fourth-order valence-corrected chi connectivity index (χ4v) is 2.89. The molecule has 0 N–H and O–H groups in total. The summed E-state index contributed by atoms with van der Waals surface area (Å²) < 4.78 is 5.30. The zero-order valence-corrected chi connectivity index (χ0v) is 10.4. The van der Waals surface area contributed by atoms with Crippen LogP contribution in [-0.4, -0.2) is 37.1 Å². The molecular weight excluding hydrogens is 202 g/mol. The van der Waals surface area contributed by atoms with Crippen LogP contribution in [0.3, 0.4) is 0 Å². The van der Waals surface area contributed by atoms with Crippen LogP contribution >= 0.6 is 0 Å². The first-order valence-electron chi connectivity index (χ1n) is 6.52. The summed E-state index contributed by atoms with van der Waals surface area (Å²) >= 11 is 0. The molecule has 0 bridgehead atoms. The maximum absolute atomic E-state index is 12.2. The average Bonchev–Trinajstić information content (AvgIpc) is 2.77. The Balaban J connectivity index is 1.83. The number of rotatable bonds is 2. The summed E-state index contributed by atoms with van der Waals surface area (Å²) in [6.07, 6.45) is 5.90. The highest BCUT2D eigenvalue weighted by Gasteiger charge is 2.32. The molecule has 2 rings (SSSR count). The van der Waals surface area contributed by atoms with Gasteiger partial charge in [-0.15, -0.1) is 0 Å². The predicted molar refractivity (Wildman–Crippen MR) is 63.1 cm³/mol. The van der Waals surface area contributed by atoms with Gasteiger partial charge in [0.25, 0.3) is 0 Å². The molecule has 0 aromatic rings. The van der Waals surface area contributed by atoms with E-state index in [9.17, 15) is 4.79 Å². The summed E-state index contributed by atoms with van der Waals surface area (Å²) in [6.45, 7) is 3.99. The van der Waals surface area contributed by atoms with E-state index < -0.39 is 0 Å². The van der Waals surface area contributed by atoms with Crippen molar-refractivity contribution in [3.05, 3.63) is 0 Å². The van der Waals surface area contributed by atoms with Gasteiger partial charge in [0.2, 0.25) is 5.91 Å². The fourth-order valence-electron chi connectivity index (χ4n) is 2.89. The van der Waals surface area contributed by atoms with Gasteiger partial charge < -0.3 is 9.64 Å². The highest BCUT2D eigenvalue weighted by atomic mass is 16.5. The molecule has 1 heterocycles. The standard InChI is InChI=1S/C13H23NO2/c1-10-3-5-11(6-4-10)13(15)14-8-7-12(9-14)16-2/h10-12H,3-9H2,1-2H3/t10?,11?,12-/m1/s1. The number of nitrogens with zero attached hydrogens (tertiary/aromatic N) is 1. The van der Waals surface area contributed by atoms with Gasteiger partial charge in [-0.3, -0.25) is 4.79 Å². The van der Waals surface area contributed by atoms with E-state index in [4.69, 9.17) is 4.74 Å². The number of hydrogen-bond donors (Lipinski definition) is 0. The summed E-state index contributed by atoms with van der Waals surface area (Å²) in [7, 11) is 1.74. The average molecular weight is 225 g/mol. The fraction of sp³-hybridized carbons (Fsp3) is 0.923. The molecule has 1 atom stereocenters. The zero-order valence-electron chi connectivity index (χ0n) is 10.4. The molecular formula is C13H23NO2. The third-order valence-corrected chi connectivity index (χ3v) is 4.16. The Morgan fingerprint density at radius 2 is 1.88 bits per heavy atom. The summed E-state index contributed by atoms with van der Waals surface area (Å²) in [5.74, 6) is 1.49. The highest BCUT2D eigenvalue weighted by Crippen LogP contribution is 2.30. The van der Waals surface area contributed by atoms with Crippen molar-refractivity contribution in [1.29, 1.82) is 0 Å². The van der Waals surface area contributed by atoms with E-state index in [1.165, 1.54) is 12.8 Å². The van der Waals surface area contributed by atoms with Crippen molar-refractivity contribution in [2.24, 2.45) is 11.8 Å². The van der Waals surface area contributed by atoms with Crippen molar-refractivity contribution in [2.45, 2.75) is 45.1 Å². The lowest BCUT2D eigenvalue weighted by Crippen LogP contribution is -2.36. The van der Waals surface area contributed by atoms with Crippen LogP contribution in [0.25, 0.3) is 0 Å². The van der Waals surface area contributed by atoms with E-state index in [2.05, 4.69) is 6.92 Å². The van der Waals surface area contributed by atoms with E-state index in [0.717, 1.165) is 38.3 Å². The minimum Gasteiger partial charge on any atom is -0.380 e. The van der Waals surface area contributed by atoms with Crippen molar-refractivity contribution in [2.75, 3.05) is 20.2 Å². The van der Waals surface area contributed by atoms with Gasteiger partial charge in [0.1, 0.15) is 0 Å². The van der Waals surface area contributed by atoms with Crippen LogP contribution in [0.1, 0.15) is 39.0 Å². The maximum atomic E-state index is 12.2. The molecule has 1 aliphatic heterocycles. The van der Waals surface area contributed by atoms with Gasteiger partial charge in [-0.05, 0) is 38.0 Å². The smallest absolute Gasteiger partial charge is 0.225 e. The van der Waals surface area contributed by atoms with Crippen molar-refractivity contribution >= 4 is 5.91 Å².